The molecule has 5 heterocycles. The number of halogens is 4. The Kier molecular flexibility index (Phi) is 22.9. The predicted octanol–water partition coefficient (Wildman–Crippen LogP) is 31.4. The highest BCUT2D eigenvalue weighted by atomic mass is 79.9. The van der Waals surface area contributed by atoms with Crippen LogP contribution in [0.1, 0.15) is 34.1 Å². The van der Waals surface area contributed by atoms with Crippen LogP contribution in [0.25, 0.3) is 159 Å². The lowest BCUT2D eigenvalue weighted by molar-refractivity contribution is -0.385. The Morgan fingerprint density at radius 1 is 0.348 bits per heavy atom. The third-order valence-corrected chi connectivity index (χ3v) is 26.3. The van der Waals surface area contributed by atoms with Gasteiger partial charge in [0.05, 0.1) is 75.7 Å². The molecular weight excluding hydrogens is 1770 g/mol. The topological polar surface area (TPSA) is 189 Å². The molecule has 650 valence electrons. The van der Waals surface area contributed by atoms with Crippen LogP contribution in [0.5, 0.6) is 0 Å². The van der Waals surface area contributed by atoms with E-state index >= 15 is 0 Å². The largest absolute Gasteiger partial charge is 0.378 e. The van der Waals surface area contributed by atoms with E-state index in [4.69, 9.17) is 11.6 Å². The van der Waals surface area contributed by atoms with Gasteiger partial charge < -0.3 is 19.8 Å². The van der Waals surface area contributed by atoms with Crippen molar-refractivity contribution >= 4 is 170 Å². The third kappa shape index (κ3) is 16.2. The molecule has 19 aromatic carbocycles. The lowest BCUT2D eigenvalue weighted by atomic mass is 9.80. The molecule has 0 fully saturated rings. The minimum absolute atomic E-state index is 0.0902. The van der Waals surface area contributed by atoms with Crippen LogP contribution in [0.3, 0.4) is 0 Å². The Morgan fingerprint density at radius 3 is 1.29 bits per heavy atom. The van der Waals surface area contributed by atoms with Crippen molar-refractivity contribution in [3.05, 3.63) is 499 Å². The second-order valence-electron chi connectivity index (χ2n) is 33.2. The molecule has 4 atom stereocenters. The SMILES string of the molecule is C1=CC2Nc3ccc(-n4c5ccc6ccccc6c5c5c6ccccc6ccc54)cc3C2C=C1.C1=CC2Nc3ccc4ccccc4c3C2c2ccccc21.Clc1nc(-c2ccccc2)c2ccccc2n1.O=[N+]([O-])c1ccc(-n2c3ccc4ccccc4c3c3c4ccccc4ccc32)cc1-c1ccccc1.O=[N+]([O-])c1ccc(F)cc1-c1ccccc1.O=[N+]([O-])c1ccc(F)cc1Br. The van der Waals surface area contributed by atoms with Crippen LogP contribution >= 0.6 is 27.5 Å². The molecule has 0 saturated carbocycles. The van der Waals surface area contributed by atoms with Crippen molar-refractivity contribution in [1.82, 2.24) is 19.1 Å². The van der Waals surface area contributed by atoms with E-state index in [9.17, 15) is 39.1 Å². The first kappa shape index (κ1) is 84.9. The second kappa shape index (κ2) is 36.4. The molecule has 3 aromatic heterocycles. The van der Waals surface area contributed by atoms with Gasteiger partial charge in [0.2, 0.25) is 5.28 Å². The highest BCUT2D eigenvalue weighted by Gasteiger charge is 2.37. The summed E-state index contributed by atoms with van der Waals surface area (Å²) >= 11 is 8.82. The van der Waals surface area contributed by atoms with Crippen molar-refractivity contribution < 1.29 is 23.6 Å². The van der Waals surface area contributed by atoms with Crippen LogP contribution in [0.15, 0.2) is 429 Å². The third-order valence-electron chi connectivity index (χ3n) is 25.5. The van der Waals surface area contributed by atoms with Gasteiger partial charge in [-0.1, -0.05) is 322 Å². The summed E-state index contributed by atoms with van der Waals surface area (Å²) in [4.78, 5) is 40.0. The van der Waals surface area contributed by atoms with Gasteiger partial charge in [-0.2, -0.15) is 0 Å². The first-order valence-electron chi connectivity index (χ1n) is 44.0. The molecule has 15 nitrogen and oxygen atoms in total. The fraction of sp³-hybridized carbons (Fsp3) is 0.0345. The van der Waals surface area contributed by atoms with Gasteiger partial charge in [-0.15, -0.1) is 0 Å². The Labute approximate surface area is 785 Å². The summed E-state index contributed by atoms with van der Waals surface area (Å²) < 4.78 is 30.3. The van der Waals surface area contributed by atoms with E-state index in [0.717, 1.165) is 68.7 Å². The highest BCUT2D eigenvalue weighted by molar-refractivity contribution is 9.10. The van der Waals surface area contributed by atoms with Crippen LogP contribution in [-0.2, 0) is 0 Å². The Morgan fingerprint density at radius 2 is 0.756 bits per heavy atom. The Bertz CT molecular complexity index is 8420. The number of hydrogen-bond acceptors (Lipinski definition) is 10. The van der Waals surface area contributed by atoms with Gasteiger partial charge in [0, 0.05) is 85.3 Å². The molecule has 0 spiro atoms. The van der Waals surface area contributed by atoms with Gasteiger partial charge in [0.25, 0.3) is 17.1 Å². The maximum atomic E-state index is 13.1. The number of fused-ring (bicyclic) bond motifs is 25. The average molecular weight is 1850 g/mol. The highest BCUT2D eigenvalue weighted by Crippen LogP contribution is 2.50. The van der Waals surface area contributed by atoms with Gasteiger partial charge in [0.1, 0.15) is 11.6 Å². The smallest absolute Gasteiger partial charge is 0.283 e. The lowest BCUT2D eigenvalue weighted by Crippen LogP contribution is -2.21. The van der Waals surface area contributed by atoms with Crippen molar-refractivity contribution in [2.75, 3.05) is 10.6 Å². The molecule has 19 heteroatoms. The molecule has 4 unspecified atom stereocenters. The average Bonchev–Trinajstić information content (AvgIpc) is 1.56. The van der Waals surface area contributed by atoms with Gasteiger partial charge in [-0.05, 0) is 206 Å². The van der Waals surface area contributed by atoms with Crippen LogP contribution in [0, 0.1) is 42.0 Å². The molecular formula is C116H77BrClF2N9O6. The van der Waals surface area contributed by atoms with E-state index in [2.05, 4.69) is 307 Å². The second-order valence-corrected chi connectivity index (χ2v) is 34.4. The summed E-state index contributed by atoms with van der Waals surface area (Å²) in [7, 11) is 0. The Balaban J connectivity index is 0.000000102. The van der Waals surface area contributed by atoms with Crippen molar-refractivity contribution in [3.63, 3.8) is 0 Å². The maximum absolute atomic E-state index is 13.1. The number of nitro groups is 3. The molecule has 0 saturated heterocycles. The first-order chi connectivity index (χ1) is 66.1. The quantitative estimate of drug-likeness (QED) is 0.0841. The number of anilines is 2. The molecule has 0 radical (unpaired) electrons. The fourth-order valence-electron chi connectivity index (χ4n) is 19.5. The fourth-order valence-corrected chi connectivity index (χ4v) is 20.2. The molecule has 2 N–H and O–H groups in total. The number of hydrogen-bond donors (Lipinski definition) is 2. The van der Waals surface area contributed by atoms with E-state index in [0.29, 0.717) is 40.6 Å². The summed E-state index contributed by atoms with van der Waals surface area (Å²) in [6, 6.07) is 130. The van der Waals surface area contributed by atoms with Gasteiger partial charge in [-0.3, -0.25) is 30.3 Å². The number of para-hydroxylation sites is 1. The van der Waals surface area contributed by atoms with Crippen molar-refractivity contribution in [2.24, 2.45) is 0 Å². The Hall–Kier alpha value is -16.9. The number of aromatic nitrogens is 4. The number of nitrogens with zero attached hydrogens (tertiary/aromatic N) is 7. The molecule has 4 aliphatic rings. The minimum atomic E-state index is -0.580. The summed E-state index contributed by atoms with van der Waals surface area (Å²) in [5, 5.41) is 59.2. The number of nitrogens with one attached hydrogen (secondary N) is 2. The zero-order chi connectivity index (χ0) is 91.9. The zero-order valence-electron chi connectivity index (χ0n) is 71.9. The van der Waals surface area contributed by atoms with E-state index in [1.807, 2.05) is 97.1 Å². The number of rotatable bonds is 8. The predicted molar refractivity (Wildman–Crippen MR) is 550 cm³/mol. The van der Waals surface area contributed by atoms with Crippen LogP contribution < -0.4 is 10.6 Å². The van der Waals surface area contributed by atoms with Crippen LogP contribution in [0.4, 0.5) is 37.2 Å². The number of nitro benzene ring substituents is 3. The molecule has 2 aliphatic heterocycles. The molecule has 135 heavy (non-hydrogen) atoms. The summed E-state index contributed by atoms with van der Waals surface area (Å²) in [6.07, 6.45) is 13.5. The van der Waals surface area contributed by atoms with Crippen LogP contribution in [-0.4, -0.2) is 46.0 Å². The van der Waals surface area contributed by atoms with Crippen molar-refractivity contribution in [1.29, 1.82) is 0 Å². The zero-order valence-corrected chi connectivity index (χ0v) is 74.2. The molecule has 0 bridgehead atoms. The molecule has 22 aromatic rings. The van der Waals surface area contributed by atoms with Gasteiger partial charge >= 0.3 is 0 Å². The molecule has 0 amide bonds. The van der Waals surface area contributed by atoms with E-state index in [1.54, 1.807) is 36.4 Å². The summed E-state index contributed by atoms with van der Waals surface area (Å²) in [5.41, 5.74) is 19.9. The minimum Gasteiger partial charge on any atom is -0.378 e. The summed E-state index contributed by atoms with van der Waals surface area (Å²) in [5.74, 6) is -0.172. The molecule has 2 aliphatic carbocycles. The van der Waals surface area contributed by atoms with Gasteiger partial charge in [-0.25, -0.2) is 18.7 Å². The lowest BCUT2D eigenvalue weighted by Gasteiger charge is -2.24. The summed E-state index contributed by atoms with van der Waals surface area (Å²) in [6.45, 7) is 0. The van der Waals surface area contributed by atoms with Crippen LogP contribution in [0.2, 0.25) is 5.28 Å². The van der Waals surface area contributed by atoms with Crippen molar-refractivity contribution in [2.45, 2.75) is 23.9 Å². The van der Waals surface area contributed by atoms with E-state index in [-0.39, 0.29) is 31.7 Å². The maximum Gasteiger partial charge on any atom is 0.283 e. The normalized spacial score (nSPS) is 14.4. The van der Waals surface area contributed by atoms with E-state index < -0.39 is 21.5 Å². The standard InChI is InChI=1S/C32H20N2O2.C32H22N2.C20H15N.C14H9ClN2.C12H8FNO2.C6H3BrFNO2/c35-34(36)28-19-16-24(20-27(28)21-8-2-1-3-9-21)33-29-17-14-22-10-4-6-12-25(22)31(29)32-26-13-7-5-11-23(26)15-18-30(32)33;1-3-9-23-20(7-1)13-17-29-31(23)32-24-10-4-2-8-21(24)14-18-30(32)34(29)22-15-16-28-26(19-22)25-11-5-6-12-27(25)33-28;1-3-7-15-13(5-1)9-11-17-19(15)20-16-8-4-2-6-14(16)10-12-18(20)21-17;15-14-16-12-9-5-4-8-11(12)13(17-14)10-6-2-1-3-7-10;13-10-6-7-12(14(15)16)11(8-10)9-4-2-1-3-5-9;7-5-3-4(8)1-2-6(5)9(10)11/h1-20H;1-19,25,27,33H;1-12,17,19,21H;1-9H;1-8H;1-3H. The number of allylic oxidation sites excluding steroid dienone is 2. The van der Waals surface area contributed by atoms with Crippen molar-refractivity contribution in [3.8, 4) is 44.9 Å². The number of benzene rings is 19. The van der Waals surface area contributed by atoms with Gasteiger partial charge in [0.15, 0.2) is 0 Å². The molecule has 26 rings (SSSR count). The van der Waals surface area contributed by atoms with E-state index in [1.165, 1.54) is 138 Å². The monoisotopic (exact) mass is 1840 g/mol. The first-order valence-corrected chi connectivity index (χ1v) is 45.2.